The molecule has 0 spiro atoms. The molecular formula is C27H28N2O3. The van der Waals surface area contributed by atoms with Gasteiger partial charge in [0.25, 0.3) is 5.91 Å². The first-order valence-electron chi connectivity index (χ1n) is 11.1. The van der Waals surface area contributed by atoms with Crippen molar-refractivity contribution in [1.82, 2.24) is 4.98 Å². The second-order valence-electron chi connectivity index (χ2n) is 7.97. The predicted octanol–water partition coefficient (Wildman–Crippen LogP) is 6.59. The highest BCUT2D eigenvalue weighted by molar-refractivity contribution is 5.94. The number of anilines is 1. The number of hydrogen-bond acceptors (Lipinski definition) is 4. The van der Waals surface area contributed by atoms with Gasteiger partial charge in [-0.1, -0.05) is 45.0 Å². The molecule has 0 saturated carbocycles. The maximum Gasteiger partial charge on any atom is 0.262 e. The maximum absolute atomic E-state index is 12.4. The smallest absolute Gasteiger partial charge is 0.262 e. The number of hydrogen-bond donors (Lipinski definition) is 1. The van der Waals surface area contributed by atoms with Crippen molar-refractivity contribution < 1.29 is 13.9 Å². The van der Waals surface area contributed by atoms with Crippen LogP contribution in [-0.4, -0.2) is 17.5 Å². The van der Waals surface area contributed by atoms with E-state index in [-0.39, 0.29) is 12.5 Å². The Hall–Kier alpha value is -3.60. The van der Waals surface area contributed by atoms with Crippen molar-refractivity contribution in [2.75, 3.05) is 11.9 Å². The van der Waals surface area contributed by atoms with Crippen LogP contribution in [0, 0.1) is 0 Å². The Morgan fingerprint density at radius 3 is 2.47 bits per heavy atom. The van der Waals surface area contributed by atoms with Gasteiger partial charge in [0.05, 0.1) is 0 Å². The lowest BCUT2D eigenvalue weighted by molar-refractivity contribution is -0.118. The fourth-order valence-electron chi connectivity index (χ4n) is 3.49. The number of aromatic nitrogens is 1. The average molecular weight is 429 g/mol. The van der Waals surface area contributed by atoms with Crippen LogP contribution in [0.25, 0.3) is 22.6 Å². The number of fused-ring (bicyclic) bond motifs is 1. The first kappa shape index (κ1) is 21.6. The van der Waals surface area contributed by atoms with E-state index in [2.05, 4.69) is 43.2 Å². The summed E-state index contributed by atoms with van der Waals surface area (Å²) in [4.78, 5) is 16.9. The summed E-state index contributed by atoms with van der Waals surface area (Å²) in [6.45, 7) is 6.42. The lowest BCUT2D eigenvalue weighted by Crippen LogP contribution is -2.20. The molecule has 5 heteroatoms. The van der Waals surface area contributed by atoms with Crippen LogP contribution in [0.2, 0.25) is 0 Å². The molecule has 4 rings (SSSR count). The van der Waals surface area contributed by atoms with E-state index in [4.69, 9.17) is 9.15 Å². The van der Waals surface area contributed by atoms with Gasteiger partial charge in [0.1, 0.15) is 11.3 Å². The Balaban J connectivity index is 1.38. The molecule has 1 amide bonds. The molecule has 1 N–H and O–H groups in total. The van der Waals surface area contributed by atoms with Gasteiger partial charge < -0.3 is 14.5 Å². The Morgan fingerprint density at radius 1 is 1.03 bits per heavy atom. The molecule has 1 heterocycles. The van der Waals surface area contributed by atoms with E-state index < -0.39 is 0 Å². The van der Waals surface area contributed by atoms with Crippen molar-refractivity contribution in [2.45, 2.75) is 39.5 Å². The summed E-state index contributed by atoms with van der Waals surface area (Å²) < 4.78 is 11.5. The number of carbonyl (C=O) groups is 1. The number of nitrogens with zero attached hydrogens (tertiary/aromatic N) is 1. The van der Waals surface area contributed by atoms with Crippen molar-refractivity contribution in [2.24, 2.45) is 0 Å². The van der Waals surface area contributed by atoms with Gasteiger partial charge >= 0.3 is 0 Å². The molecule has 0 radical (unpaired) electrons. The lowest BCUT2D eigenvalue weighted by atomic mass is 9.99. The molecule has 0 aliphatic heterocycles. The summed E-state index contributed by atoms with van der Waals surface area (Å²) >= 11 is 0. The van der Waals surface area contributed by atoms with E-state index in [1.807, 2.05) is 48.5 Å². The highest BCUT2D eigenvalue weighted by atomic mass is 16.5. The Morgan fingerprint density at radius 2 is 1.78 bits per heavy atom. The van der Waals surface area contributed by atoms with Crippen molar-refractivity contribution in [3.63, 3.8) is 0 Å². The van der Waals surface area contributed by atoms with Crippen LogP contribution in [0.4, 0.5) is 5.69 Å². The SMILES string of the molecule is CCc1ccc(-c2nc3cc(NC(=O)COc4ccc(C(C)CC)cc4)ccc3o2)cc1. The van der Waals surface area contributed by atoms with Crippen molar-refractivity contribution in [1.29, 1.82) is 0 Å². The van der Waals surface area contributed by atoms with Gasteiger partial charge in [0, 0.05) is 11.3 Å². The first-order valence-corrected chi connectivity index (χ1v) is 11.1. The molecule has 1 aromatic heterocycles. The van der Waals surface area contributed by atoms with Crippen LogP contribution in [0.15, 0.2) is 71.1 Å². The van der Waals surface area contributed by atoms with Crippen molar-refractivity contribution >= 4 is 22.7 Å². The van der Waals surface area contributed by atoms with Crippen LogP contribution in [-0.2, 0) is 11.2 Å². The normalized spacial score (nSPS) is 12.0. The zero-order valence-electron chi connectivity index (χ0n) is 18.7. The van der Waals surface area contributed by atoms with Crippen LogP contribution in [0.3, 0.4) is 0 Å². The minimum atomic E-state index is -0.228. The summed E-state index contributed by atoms with van der Waals surface area (Å²) in [5, 5.41) is 2.86. The Kier molecular flexibility index (Phi) is 6.55. The van der Waals surface area contributed by atoms with Gasteiger partial charge in [-0.05, 0) is 72.4 Å². The highest BCUT2D eigenvalue weighted by Crippen LogP contribution is 2.27. The molecule has 164 valence electrons. The van der Waals surface area contributed by atoms with Crippen LogP contribution < -0.4 is 10.1 Å². The highest BCUT2D eigenvalue weighted by Gasteiger charge is 2.11. The van der Waals surface area contributed by atoms with Crippen LogP contribution >= 0.6 is 0 Å². The maximum atomic E-state index is 12.4. The summed E-state index contributed by atoms with van der Waals surface area (Å²) in [6, 6.07) is 21.5. The molecule has 4 aromatic rings. The fourth-order valence-corrected chi connectivity index (χ4v) is 3.49. The zero-order chi connectivity index (χ0) is 22.5. The molecule has 0 aliphatic rings. The van der Waals surface area contributed by atoms with Crippen molar-refractivity contribution in [3.8, 4) is 17.2 Å². The number of amides is 1. The second kappa shape index (κ2) is 9.69. The quantitative estimate of drug-likeness (QED) is 0.344. The van der Waals surface area contributed by atoms with E-state index in [9.17, 15) is 4.79 Å². The molecule has 1 atom stereocenters. The number of aryl methyl sites for hydroxylation is 1. The molecule has 0 aliphatic carbocycles. The number of ether oxygens (including phenoxy) is 1. The fraction of sp³-hybridized carbons (Fsp3) is 0.259. The molecule has 0 bridgehead atoms. The summed E-state index contributed by atoms with van der Waals surface area (Å²) in [6.07, 6.45) is 2.08. The third-order valence-corrected chi connectivity index (χ3v) is 5.71. The molecule has 1 unspecified atom stereocenters. The topological polar surface area (TPSA) is 64.4 Å². The number of benzene rings is 3. The molecule has 0 fully saturated rings. The number of carbonyl (C=O) groups excluding carboxylic acids is 1. The van der Waals surface area contributed by atoms with Gasteiger partial charge in [-0.3, -0.25) is 4.79 Å². The number of oxazole rings is 1. The van der Waals surface area contributed by atoms with Crippen LogP contribution in [0.1, 0.15) is 44.2 Å². The third kappa shape index (κ3) is 4.99. The Labute approximate surface area is 188 Å². The van der Waals surface area contributed by atoms with Crippen LogP contribution in [0.5, 0.6) is 5.75 Å². The molecular weight excluding hydrogens is 400 g/mol. The van der Waals surface area contributed by atoms with E-state index in [0.717, 1.165) is 18.4 Å². The van der Waals surface area contributed by atoms with Gasteiger partial charge in [0.15, 0.2) is 12.2 Å². The van der Waals surface area contributed by atoms with E-state index in [1.54, 1.807) is 6.07 Å². The lowest BCUT2D eigenvalue weighted by Gasteiger charge is -2.11. The zero-order valence-corrected chi connectivity index (χ0v) is 18.7. The predicted molar refractivity (Wildman–Crippen MR) is 128 cm³/mol. The van der Waals surface area contributed by atoms with Gasteiger partial charge in [-0.2, -0.15) is 0 Å². The van der Waals surface area contributed by atoms with E-state index >= 15 is 0 Å². The molecule has 5 nitrogen and oxygen atoms in total. The average Bonchev–Trinajstić information content (AvgIpc) is 3.26. The Bertz CT molecular complexity index is 1190. The first-order chi connectivity index (χ1) is 15.6. The third-order valence-electron chi connectivity index (χ3n) is 5.71. The molecule has 3 aromatic carbocycles. The number of rotatable bonds is 8. The van der Waals surface area contributed by atoms with Gasteiger partial charge in [-0.25, -0.2) is 4.98 Å². The molecule has 32 heavy (non-hydrogen) atoms. The van der Waals surface area contributed by atoms with E-state index in [0.29, 0.717) is 34.3 Å². The van der Waals surface area contributed by atoms with Gasteiger partial charge in [-0.15, -0.1) is 0 Å². The largest absolute Gasteiger partial charge is 0.484 e. The minimum Gasteiger partial charge on any atom is -0.484 e. The van der Waals surface area contributed by atoms with Crippen molar-refractivity contribution in [3.05, 3.63) is 77.9 Å². The summed E-state index contributed by atoms with van der Waals surface area (Å²) in [7, 11) is 0. The standard InChI is InChI=1S/C27H28N2O3/c1-4-18(3)20-10-13-23(14-11-20)31-17-26(30)28-22-12-15-25-24(16-22)29-27(32-25)21-8-6-19(5-2)7-9-21/h6-16,18H,4-5,17H2,1-3H3,(H,28,30). The summed E-state index contributed by atoms with van der Waals surface area (Å²) in [5.41, 5.74) is 5.49. The monoisotopic (exact) mass is 428 g/mol. The molecule has 0 saturated heterocycles. The van der Waals surface area contributed by atoms with E-state index in [1.165, 1.54) is 11.1 Å². The van der Waals surface area contributed by atoms with Gasteiger partial charge in [0.2, 0.25) is 5.89 Å². The number of nitrogens with one attached hydrogen (secondary N) is 1. The minimum absolute atomic E-state index is 0.0610. The summed E-state index contributed by atoms with van der Waals surface area (Å²) in [5.74, 6) is 1.53. The second-order valence-corrected chi connectivity index (χ2v) is 7.97.